The van der Waals surface area contributed by atoms with Crippen molar-refractivity contribution in [1.29, 1.82) is 0 Å². The molecule has 5 heteroatoms. The van der Waals surface area contributed by atoms with Gasteiger partial charge in [0.05, 0.1) is 6.61 Å². The molecule has 2 fully saturated rings. The molecule has 0 N–H and O–H groups in total. The van der Waals surface area contributed by atoms with Gasteiger partial charge >= 0.3 is 0 Å². The number of rotatable bonds is 4. The molecular weight excluding hydrogens is 304 g/mol. The SMILES string of the molecule is COCCN1CC[C@H]2CN(C(=O)c3ccccc3)CC[C@H]2CC1=O. The number of ether oxygens (including phenoxy) is 1. The summed E-state index contributed by atoms with van der Waals surface area (Å²) < 4.78 is 5.10. The number of carbonyl (C=O) groups excluding carboxylic acids is 2. The normalized spacial score (nSPS) is 24.5. The minimum atomic E-state index is 0.112. The average Bonchev–Trinajstić information content (AvgIpc) is 2.78. The maximum absolute atomic E-state index is 12.7. The van der Waals surface area contributed by atoms with Crippen LogP contribution >= 0.6 is 0 Å². The van der Waals surface area contributed by atoms with Gasteiger partial charge in [-0.3, -0.25) is 9.59 Å². The van der Waals surface area contributed by atoms with E-state index < -0.39 is 0 Å². The van der Waals surface area contributed by atoms with E-state index in [4.69, 9.17) is 4.74 Å². The van der Waals surface area contributed by atoms with E-state index in [0.717, 1.165) is 38.0 Å². The molecule has 0 aromatic heterocycles. The molecule has 24 heavy (non-hydrogen) atoms. The van der Waals surface area contributed by atoms with E-state index in [0.29, 0.717) is 31.4 Å². The number of fused-ring (bicyclic) bond motifs is 1. The predicted octanol–water partition coefficient (Wildman–Crippen LogP) is 2.03. The van der Waals surface area contributed by atoms with Crippen LogP contribution in [-0.4, -0.2) is 61.5 Å². The lowest BCUT2D eigenvalue weighted by Gasteiger charge is -2.37. The highest BCUT2D eigenvalue weighted by Gasteiger charge is 2.36. The number of carbonyl (C=O) groups is 2. The lowest BCUT2D eigenvalue weighted by Crippen LogP contribution is -2.43. The summed E-state index contributed by atoms with van der Waals surface area (Å²) in [5.41, 5.74) is 0.752. The van der Waals surface area contributed by atoms with Gasteiger partial charge in [0, 0.05) is 45.3 Å². The van der Waals surface area contributed by atoms with Gasteiger partial charge in [-0.25, -0.2) is 0 Å². The van der Waals surface area contributed by atoms with Crippen LogP contribution in [0.1, 0.15) is 29.6 Å². The summed E-state index contributed by atoms with van der Waals surface area (Å²) in [6.45, 7) is 3.54. The number of piperidine rings is 1. The highest BCUT2D eigenvalue weighted by molar-refractivity contribution is 5.94. The second kappa shape index (κ2) is 7.79. The smallest absolute Gasteiger partial charge is 0.253 e. The summed E-state index contributed by atoms with van der Waals surface area (Å²) in [6, 6.07) is 9.47. The Labute approximate surface area is 143 Å². The first-order valence-electron chi connectivity index (χ1n) is 8.80. The molecule has 2 saturated heterocycles. The molecule has 2 amide bonds. The van der Waals surface area contributed by atoms with E-state index in [1.54, 1.807) is 7.11 Å². The molecule has 5 nitrogen and oxygen atoms in total. The fourth-order valence-electron chi connectivity index (χ4n) is 3.86. The Balaban J connectivity index is 1.63. The Kier molecular flexibility index (Phi) is 5.51. The predicted molar refractivity (Wildman–Crippen MR) is 91.6 cm³/mol. The summed E-state index contributed by atoms with van der Waals surface area (Å²) in [6.07, 6.45) is 2.51. The zero-order chi connectivity index (χ0) is 16.9. The number of hydrogen-bond donors (Lipinski definition) is 0. The molecule has 3 rings (SSSR count). The molecule has 1 aromatic rings. The summed E-state index contributed by atoms with van der Waals surface area (Å²) in [5.74, 6) is 1.18. The Bertz CT molecular complexity index is 575. The summed E-state index contributed by atoms with van der Waals surface area (Å²) in [5, 5.41) is 0. The second-order valence-corrected chi connectivity index (χ2v) is 6.79. The van der Waals surface area contributed by atoms with E-state index in [1.165, 1.54) is 0 Å². The molecule has 0 spiro atoms. The molecule has 0 radical (unpaired) electrons. The first-order valence-corrected chi connectivity index (χ1v) is 8.80. The minimum Gasteiger partial charge on any atom is -0.383 e. The van der Waals surface area contributed by atoms with Gasteiger partial charge in [-0.05, 0) is 36.8 Å². The van der Waals surface area contributed by atoms with E-state index in [-0.39, 0.29) is 11.8 Å². The molecule has 2 heterocycles. The van der Waals surface area contributed by atoms with Crippen LogP contribution in [0.25, 0.3) is 0 Å². The molecule has 0 bridgehead atoms. The van der Waals surface area contributed by atoms with E-state index in [2.05, 4.69) is 0 Å². The van der Waals surface area contributed by atoms with Gasteiger partial charge in [0.15, 0.2) is 0 Å². The molecule has 2 aliphatic heterocycles. The second-order valence-electron chi connectivity index (χ2n) is 6.79. The van der Waals surface area contributed by atoms with Gasteiger partial charge in [-0.15, -0.1) is 0 Å². The van der Waals surface area contributed by atoms with Crippen molar-refractivity contribution < 1.29 is 14.3 Å². The van der Waals surface area contributed by atoms with Gasteiger partial charge in [0.1, 0.15) is 0 Å². The average molecular weight is 330 g/mol. The number of hydrogen-bond acceptors (Lipinski definition) is 3. The monoisotopic (exact) mass is 330 g/mol. The van der Waals surface area contributed by atoms with E-state index >= 15 is 0 Å². The third-order valence-electron chi connectivity index (χ3n) is 5.32. The molecule has 0 unspecified atom stereocenters. The zero-order valence-corrected chi connectivity index (χ0v) is 14.3. The summed E-state index contributed by atoms with van der Waals surface area (Å²) in [7, 11) is 1.66. The van der Waals surface area contributed by atoms with Crippen molar-refractivity contribution in [1.82, 2.24) is 9.80 Å². The van der Waals surface area contributed by atoms with E-state index in [1.807, 2.05) is 40.1 Å². The van der Waals surface area contributed by atoms with Crippen LogP contribution in [-0.2, 0) is 9.53 Å². The molecule has 2 atom stereocenters. The van der Waals surface area contributed by atoms with Gasteiger partial charge in [-0.1, -0.05) is 18.2 Å². The van der Waals surface area contributed by atoms with Crippen molar-refractivity contribution in [3.63, 3.8) is 0 Å². The maximum atomic E-state index is 12.7. The standard InChI is InChI=1S/C19H26N2O3/c1-24-12-11-20-9-8-17-14-21(10-7-16(17)13-18(20)22)19(23)15-5-3-2-4-6-15/h2-6,16-17H,7-14H2,1H3/t16-,17-/m0/s1. The Hall–Kier alpha value is -1.88. The van der Waals surface area contributed by atoms with Crippen LogP contribution in [0.3, 0.4) is 0 Å². The number of methoxy groups -OCH3 is 1. The maximum Gasteiger partial charge on any atom is 0.253 e. The van der Waals surface area contributed by atoms with Crippen molar-refractivity contribution >= 4 is 11.8 Å². The lowest BCUT2D eigenvalue weighted by molar-refractivity contribution is -0.132. The van der Waals surface area contributed by atoms with Gasteiger partial charge < -0.3 is 14.5 Å². The van der Waals surface area contributed by atoms with Crippen molar-refractivity contribution in [2.75, 3.05) is 39.9 Å². The van der Waals surface area contributed by atoms with Crippen LogP contribution in [0, 0.1) is 11.8 Å². The fourth-order valence-corrected chi connectivity index (χ4v) is 3.86. The van der Waals surface area contributed by atoms with Gasteiger partial charge in [0.2, 0.25) is 5.91 Å². The third kappa shape index (κ3) is 3.78. The van der Waals surface area contributed by atoms with E-state index in [9.17, 15) is 9.59 Å². The first kappa shape index (κ1) is 17.0. The van der Waals surface area contributed by atoms with Crippen molar-refractivity contribution in [3.8, 4) is 0 Å². The van der Waals surface area contributed by atoms with Crippen molar-refractivity contribution in [2.24, 2.45) is 11.8 Å². The van der Waals surface area contributed by atoms with Crippen LogP contribution in [0.5, 0.6) is 0 Å². The van der Waals surface area contributed by atoms with Crippen LogP contribution < -0.4 is 0 Å². The molecule has 0 aliphatic carbocycles. The topological polar surface area (TPSA) is 49.9 Å². The van der Waals surface area contributed by atoms with Gasteiger partial charge in [-0.2, -0.15) is 0 Å². The highest BCUT2D eigenvalue weighted by Crippen LogP contribution is 2.32. The van der Waals surface area contributed by atoms with Crippen molar-refractivity contribution in [2.45, 2.75) is 19.3 Å². The lowest BCUT2D eigenvalue weighted by atomic mass is 9.82. The minimum absolute atomic E-state index is 0.112. The number of benzene rings is 1. The van der Waals surface area contributed by atoms with Gasteiger partial charge in [0.25, 0.3) is 5.91 Å². The number of likely N-dealkylation sites (tertiary alicyclic amines) is 2. The van der Waals surface area contributed by atoms with Crippen LogP contribution in [0.2, 0.25) is 0 Å². The Morgan fingerprint density at radius 3 is 2.67 bits per heavy atom. The molecule has 0 saturated carbocycles. The van der Waals surface area contributed by atoms with Crippen molar-refractivity contribution in [3.05, 3.63) is 35.9 Å². The molecular formula is C19H26N2O3. The summed E-state index contributed by atoms with van der Waals surface area (Å²) >= 11 is 0. The first-order chi connectivity index (χ1) is 11.7. The third-order valence-corrected chi connectivity index (χ3v) is 5.32. The quantitative estimate of drug-likeness (QED) is 0.849. The fraction of sp³-hybridized carbons (Fsp3) is 0.579. The molecule has 2 aliphatic rings. The van der Waals surface area contributed by atoms with Crippen LogP contribution in [0.15, 0.2) is 30.3 Å². The Morgan fingerprint density at radius 2 is 1.92 bits per heavy atom. The largest absolute Gasteiger partial charge is 0.383 e. The molecule has 130 valence electrons. The molecule has 1 aromatic carbocycles. The number of amides is 2. The Morgan fingerprint density at radius 1 is 1.17 bits per heavy atom. The summed E-state index contributed by atoms with van der Waals surface area (Å²) in [4.78, 5) is 28.9. The van der Waals surface area contributed by atoms with Crippen LogP contribution in [0.4, 0.5) is 0 Å². The zero-order valence-electron chi connectivity index (χ0n) is 14.3. The number of nitrogens with zero attached hydrogens (tertiary/aromatic N) is 2. The highest BCUT2D eigenvalue weighted by atomic mass is 16.5.